The standard InChI is InChI=1S/C15H17ClN2O3/c1-19-13-8-15(21-3)12(7-10(13)16)18-9-4-5-11(17)14(6-9)20-2/h4-8,18H,17H2,1-3H3. The van der Waals surface area contributed by atoms with Crippen molar-refractivity contribution in [3.8, 4) is 17.2 Å². The summed E-state index contributed by atoms with van der Waals surface area (Å²) in [4.78, 5) is 0. The first-order valence-corrected chi connectivity index (χ1v) is 6.59. The molecule has 21 heavy (non-hydrogen) atoms. The second-order valence-electron chi connectivity index (χ2n) is 4.27. The van der Waals surface area contributed by atoms with Crippen LogP contribution in [0.1, 0.15) is 0 Å². The zero-order valence-corrected chi connectivity index (χ0v) is 12.8. The summed E-state index contributed by atoms with van der Waals surface area (Å²) in [5.74, 6) is 1.76. The molecule has 0 heterocycles. The van der Waals surface area contributed by atoms with Gasteiger partial charge in [-0.2, -0.15) is 0 Å². The number of ether oxygens (including phenoxy) is 3. The van der Waals surface area contributed by atoms with Crippen LogP contribution in [0.5, 0.6) is 17.2 Å². The molecule has 0 aliphatic heterocycles. The lowest BCUT2D eigenvalue weighted by atomic mass is 10.2. The summed E-state index contributed by atoms with van der Waals surface area (Å²) in [5, 5.41) is 3.71. The van der Waals surface area contributed by atoms with E-state index in [2.05, 4.69) is 5.32 Å². The zero-order valence-electron chi connectivity index (χ0n) is 12.1. The third kappa shape index (κ3) is 3.25. The van der Waals surface area contributed by atoms with Gasteiger partial charge in [0.15, 0.2) is 0 Å². The van der Waals surface area contributed by atoms with Crippen LogP contribution in [0.3, 0.4) is 0 Å². The zero-order chi connectivity index (χ0) is 15.4. The lowest BCUT2D eigenvalue weighted by Crippen LogP contribution is -1.98. The molecule has 0 atom stereocenters. The lowest BCUT2D eigenvalue weighted by Gasteiger charge is -2.15. The van der Waals surface area contributed by atoms with Crippen molar-refractivity contribution in [2.75, 3.05) is 32.4 Å². The molecule has 0 spiro atoms. The Bertz CT molecular complexity index is 647. The summed E-state index contributed by atoms with van der Waals surface area (Å²) in [6.45, 7) is 0. The molecule has 0 fully saturated rings. The minimum Gasteiger partial charge on any atom is -0.495 e. The van der Waals surface area contributed by atoms with E-state index in [-0.39, 0.29) is 0 Å². The van der Waals surface area contributed by atoms with Crippen molar-refractivity contribution in [3.63, 3.8) is 0 Å². The van der Waals surface area contributed by atoms with Gasteiger partial charge in [-0.3, -0.25) is 0 Å². The maximum Gasteiger partial charge on any atom is 0.146 e. The first-order chi connectivity index (χ1) is 10.1. The fraction of sp³-hybridized carbons (Fsp3) is 0.200. The van der Waals surface area contributed by atoms with Gasteiger partial charge in [0.25, 0.3) is 0 Å². The number of rotatable bonds is 5. The minimum absolute atomic E-state index is 0.489. The molecule has 5 nitrogen and oxygen atoms in total. The van der Waals surface area contributed by atoms with E-state index >= 15 is 0 Å². The normalized spacial score (nSPS) is 10.1. The summed E-state index contributed by atoms with van der Waals surface area (Å²) < 4.78 is 15.7. The maximum atomic E-state index is 6.14. The second-order valence-corrected chi connectivity index (χ2v) is 4.68. The number of benzene rings is 2. The molecule has 0 saturated carbocycles. The number of nitrogen functional groups attached to an aromatic ring is 1. The van der Waals surface area contributed by atoms with Crippen LogP contribution in [-0.2, 0) is 0 Å². The van der Waals surface area contributed by atoms with E-state index < -0.39 is 0 Å². The number of hydrogen-bond acceptors (Lipinski definition) is 5. The van der Waals surface area contributed by atoms with Crippen molar-refractivity contribution < 1.29 is 14.2 Å². The molecule has 2 rings (SSSR count). The topological polar surface area (TPSA) is 65.7 Å². The van der Waals surface area contributed by atoms with Crippen LogP contribution in [-0.4, -0.2) is 21.3 Å². The van der Waals surface area contributed by atoms with E-state index in [1.807, 2.05) is 6.07 Å². The molecule has 0 aromatic heterocycles. The predicted octanol–water partition coefficient (Wildman–Crippen LogP) is 3.69. The van der Waals surface area contributed by atoms with E-state index in [1.165, 1.54) is 0 Å². The van der Waals surface area contributed by atoms with Gasteiger partial charge in [0.05, 0.1) is 37.7 Å². The quantitative estimate of drug-likeness (QED) is 0.825. The smallest absolute Gasteiger partial charge is 0.146 e. The molecule has 2 aromatic carbocycles. The Morgan fingerprint density at radius 1 is 0.905 bits per heavy atom. The Morgan fingerprint density at radius 2 is 1.57 bits per heavy atom. The summed E-state index contributed by atoms with van der Waals surface area (Å²) in [6.07, 6.45) is 0. The van der Waals surface area contributed by atoms with Gasteiger partial charge in [-0.05, 0) is 18.2 Å². The van der Waals surface area contributed by atoms with Crippen molar-refractivity contribution >= 4 is 28.7 Å². The molecular formula is C15H17ClN2O3. The molecular weight excluding hydrogens is 292 g/mol. The third-order valence-corrected chi connectivity index (χ3v) is 3.28. The first-order valence-electron chi connectivity index (χ1n) is 6.21. The van der Waals surface area contributed by atoms with Crippen molar-refractivity contribution in [2.45, 2.75) is 0 Å². The van der Waals surface area contributed by atoms with E-state index in [1.54, 1.807) is 45.6 Å². The molecule has 0 bridgehead atoms. The van der Waals surface area contributed by atoms with Crippen LogP contribution >= 0.6 is 11.6 Å². The monoisotopic (exact) mass is 308 g/mol. The minimum atomic E-state index is 0.489. The van der Waals surface area contributed by atoms with Crippen molar-refractivity contribution in [1.82, 2.24) is 0 Å². The molecule has 0 amide bonds. The molecule has 0 saturated heterocycles. The van der Waals surface area contributed by atoms with Crippen molar-refractivity contribution in [3.05, 3.63) is 35.4 Å². The Kier molecular flexibility index (Phi) is 4.65. The molecule has 0 unspecified atom stereocenters. The van der Waals surface area contributed by atoms with Gasteiger partial charge in [-0.25, -0.2) is 0 Å². The summed E-state index contributed by atoms with van der Waals surface area (Å²) >= 11 is 6.14. The highest BCUT2D eigenvalue weighted by Crippen LogP contribution is 2.38. The Hall–Kier alpha value is -2.27. The highest BCUT2D eigenvalue weighted by molar-refractivity contribution is 6.32. The number of methoxy groups -OCH3 is 3. The molecule has 112 valence electrons. The summed E-state index contributed by atoms with van der Waals surface area (Å²) in [6, 6.07) is 8.86. The van der Waals surface area contributed by atoms with Gasteiger partial charge >= 0.3 is 0 Å². The predicted molar refractivity (Wildman–Crippen MR) is 85.2 cm³/mol. The second kappa shape index (κ2) is 6.45. The van der Waals surface area contributed by atoms with Crippen LogP contribution in [0, 0.1) is 0 Å². The van der Waals surface area contributed by atoms with Crippen LogP contribution < -0.4 is 25.3 Å². The molecule has 3 N–H and O–H groups in total. The first kappa shape index (κ1) is 15.1. The van der Waals surface area contributed by atoms with Gasteiger partial charge in [0.1, 0.15) is 17.2 Å². The van der Waals surface area contributed by atoms with Crippen LogP contribution in [0.15, 0.2) is 30.3 Å². The largest absolute Gasteiger partial charge is 0.495 e. The van der Waals surface area contributed by atoms with Gasteiger partial charge < -0.3 is 25.3 Å². The van der Waals surface area contributed by atoms with E-state index in [0.29, 0.717) is 28.0 Å². The number of anilines is 3. The van der Waals surface area contributed by atoms with Crippen molar-refractivity contribution in [1.29, 1.82) is 0 Å². The fourth-order valence-corrected chi connectivity index (χ4v) is 2.14. The van der Waals surface area contributed by atoms with E-state index in [4.69, 9.17) is 31.5 Å². The maximum absolute atomic E-state index is 6.14. The average molecular weight is 309 g/mol. The molecule has 0 aliphatic carbocycles. The average Bonchev–Trinajstić information content (AvgIpc) is 2.49. The molecule has 0 aliphatic rings. The number of hydrogen-bond donors (Lipinski definition) is 2. The Labute approximate surface area is 128 Å². The lowest BCUT2D eigenvalue weighted by molar-refractivity contribution is 0.396. The van der Waals surface area contributed by atoms with Crippen LogP contribution in [0.25, 0.3) is 0 Å². The highest BCUT2D eigenvalue weighted by Gasteiger charge is 2.11. The van der Waals surface area contributed by atoms with Crippen molar-refractivity contribution in [2.24, 2.45) is 0 Å². The number of nitrogens with two attached hydrogens (primary N) is 1. The SMILES string of the molecule is COc1cc(Nc2cc(Cl)c(OC)cc2OC)ccc1N. The van der Waals surface area contributed by atoms with Gasteiger partial charge in [0.2, 0.25) is 0 Å². The van der Waals surface area contributed by atoms with Crippen LogP contribution in [0.4, 0.5) is 17.1 Å². The van der Waals surface area contributed by atoms with E-state index in [0.717, 1.165) is 11.4 Å². The molecule has 2 aromatic rings. The number of nitrogens with one attached hydrogen (secondary N) is 1. The van der Waals surface area contributed by atoms with Gasteiger partial charge in [0, 0.05) is 17.8 Å². The summed E-state index contributed by atoms with van der Waals surface area (Å²) in [7, 11) is 4.70. The molecule has 6 heteroatoms. The fourth-order valence-electron chi connectivity index (χ4n) is 1.90. The highest BCUT2D eigenvalue weighted by atomic mass is 35.5. The van der Waals surface area contributed by atoms with Gasteiger partial charge in [-0.15, -0.1) is 0 Å². The van der Waals surface area contributed by atoms with Gasteiger partial charge in [-0.1, -0.05) is 11.6 Å². The molecule has 0 radical (unpaired) electrons. The van der Waals surface area contributed by atoms with Crippen LogP contribution in [0.2, 0.25) is 5.02 Å². The summed E-state index contributed by atoms with van der Waals surface area (Å²) in [5.41, 5.74) is 7.89. The Morgan fingerprint density at radius 3 is 2.19 bits per heavy atom. The number of halogens is 1. The third-order valence-electron chi connectivity index (χ3n) is 2.99. The Balaban J connectivity index is 2.37. The van der Waals surface area contributed by atoms with E-state index in [9.17, 15) is 0 Å².